The van der Waals surface area contributed by atoms with Crippen molar-refractivity contribution in [3.05, 3.63) is 54.1 Å². The maximum absolute atomic E-state index is 12.5. The average molecular weight is 385 g/mol. The molecule has 1 atom stereocenters. The lowest BCUT2D eigenvalue weighted by atomic mass is 10.2. The van der Waals surface area contributed by atoms with Crippen molar-refractivity contribution in [3.63, 3.8) is 0 Å². The number of carbonyl (C=O) groups excluding carboxylic acids is 2. The normalized spacial score (nSPS) is 11.6. The molecule has 1 amide bonds. The lowest BCUT2D eigenvalue weighted by Crippen LogP contribution is -2.37. The Bertz CT molecular complexity index is 804. The second-order valence-corrected chi connectivity index (χ2v) is 6.85. The van der Waals surface area contributed by atoms with E-state index in [1.54, 1.807) is 32.2 Å². The fraction of sp³-hybridized carbons (Fsp3) is 0.364. The Morgan fingerprint density at radius 1 is 1.00 bits per heavy atom. The number of esters is 1. The summed E-state index contributed by atoms with van der Waals surface area (Å²) in [6, 6.07) is 14.0. The molecule has 2 rings (SSSR count). The minimum Gasteiger partial charge on any atom is -0.493 e. The molecular weight excluding hydrogens is 358 g/mol. The van der Waals surface area contributed by atoms with E-state index in [9.17, 15) is 9.59 Å². The molecule has 6 nitrogen and oxygen atoms in total. The van der Waals surface area contributed by atoms with E-state index in [0.717, 1.165) is 5.69 Å². The zero-order valence-corrected chi connectivity index (χ0v) is 17.0. The zero-order valence-electron chi connectivity index (χ0n) is 17.0. The minimum absolute atomic E-state index is 0.288. The Labute approximate surface area is 166 Å². The quantitative estimate of drug-likeness (QED) is 0.644. The van der Waals surface area contributed by atoms with Crippen LogP contribution in [-0.2, 0) is 9.53 Å². The van der Waals surface area contributed by atoms with Crippen LogP contribution in [-0.4, -0.2) is 38.7 Å². The molecule has 0 radical (unpaired) electrons. The number of amides is 1. The summed E-state index contributed by atoms with van der Waals surface area (Å²) >= 11 is 0. The summed E-state index contributed by atoms with van der Waals surface area (Å²) in [5, 5.41) is 0. The topological polar surface area (TPSA) is 65.1 Å². The fourth-order valence-corrected chi connectivity index (χ4v) is 2.50. The first kappa shape index (κ1) is 21.3. The predicted octanol–water partition coefficient (Wildman–Crippen LogP) is 3.94. The van der Waals surface area contributed by atoms with Crippen molar-refractivity contribution >= 4 is 17.6 Å². The number of anilines is 1. The SMILES string of the molecule is COc1cc(C(=O)OC(C)C(=O)N(C)c2ccccc2)ccc1OCC(C)C. The van der Waals surface area contributed by atoms with Crippen molar-refractivity contribution in [1.82, 2.24) is 0 Å². The van der Waals surface area contributed by atoms with E-state index in [4.69, 9.17) is 14.2 Å². The summed E-state index contributed by atoms with van der Waals surface area (Å²) in [6.45, 7) is 6.18. The molecule has 0 heterocycles. The van der Waals surface area contributed by atoms with Gasteiger partial charge in [0.15, 0.2) is 17.6 Å². The number of nitrogens with zero attached hydrogens (tertiary/aromatic N) is 1. The number of para-hydroxylation sites is 1. The zero-order chi connectivity index (χ0) is 20.7. The first-order valence-electron chi connectivity index (χ1n) is 9.18. The summed E-state index contributed by atoms with van der Waals surface area (Å²) in [4.78, 5) is 26.5. The second-order valence-electron chi connectivity index (χ2n) is 6.85. The minimum atomic E-state index is -0.930. The van der Waals surface area contributed by atoms with Gasteiger partial charge < -0.3 is 19.1 Å². The highest BCUT2D eigenvalue weighted by Crippen LogP contribution is 2.29. The van der Waals surface area contributed by atoms with Crippen molar-refractivity contribution in [1.29, 1.82) is 0 Å². The van der Waals surface area contributed by atoms with Gasteiger partial charge in [-0.05, 0) is 43.2 Å². The predicted molar refractivity (Wildman–Crippen MR) is 108 cm³/mol. The number of carbonyl (C=O) groups is 2. The molecule has 0 spiro atoms. The Balaban J connectivity index is 2.06. The van der Waals surface area contributed by atoms with Gasteiger partial charge in [0.25, 0.3) is 5.91 Å². The molecule has 0 N–H and O–H groups in total. The highest BCUT2D eigenvalue weighted by atomic mass is 16.5. The third-order valence-electron chi connectivity index (χ3n) is 4.08. The van der Waals surface area contributed by atoms with Gasteiger partial charge in [-0.15, -0.1) is 0 Å². The second kappa shape index (κ2) is 9.78. The molecule has 0 aliphatic rings. The molecule has 0 saturated heterocycles. The molecule has 0 aliphatic heterocycles. The summed E-state index contributed by atoms with van der Waals surface area (Å²) < 4.78 is 16.3. The molecule has 2 aromatic carbocycles. The van der Waals surface area contributed by atoms with Gasteiger partial charge in [-0.2, -0.15) is 0 Å². The Hall–Kier alpha value is -3.02. The van der Waals surface area contributed by atoms with E-state index in [1.165, 1.54) is 12.0 Å². The van der Waals surface area contributed by atoms with Gasteiger partial charge in [-0.1, -0.05) is 32.0 Å². The number of hydrogen-bond donors (Lipinski definition) is 0. The first-order chi connectivity index (χ1) is 13.3. The van der Waals surface area contributed by atoms with Crippen molar-refractivity contribution in [3.8, 4) is 11.5 Å². The Morgan fingerprint density at radius 3 is 2.29 bits per heavy atom. The molecular formula is C22H27NO5. The highest BCUT2D eigenvalue weighted by Gasteiger charge is 2.23. The third-order valence-corrected chi connectivity index (χ3v) is 4.08. The standard InChI is InChI=1S/C22H27NO5/c1-15(2)14-27-19-12-11-17(13-20(19)26-5)22(25)28-16(3)21(24)23(4)18-9-7-6-8-10-18/h6-13,15-16H,14H2,1-5H3. The van der Waals surface area contributed by atoms with Crippen molar-refractivity contribution in [2.75, 3.05) is 25.7 Å². The van der Waals surface area contributed by atoms with Crippen LogP contribution in [0.15, 0.2) is 48.5 Å². The van der Waals surface area contributed by atoms with Gasteiger partial charge >= 0.3 is 5.97 Å². The molecule has 2 aromatic rings. The number of ether oxygens (including phenoxy) is 3. The van der Waals surface area contributed by atoms with E-state index in [-0.39, 0.29) is 11.5 Å². The Kier molecular flexibility index (Phi) is 7.44. The molecule has 0 fully saturated rings. The average Bonchev–Trinajstić information content (AvgIpc) is 2.71. The molecule has 1 unspecified atom stereocenters. The van der Waals surface area contributed by atoms with Gasteiger partial charge in [0, 0.05) is 12.7 Å². The van der Waals surface area contributed by atoms with Crippen LogP contribution < -0.4 is 14.4 Å². The number of hydrogen-bond acceptors (Lipinski definition) is 5. The molecule has 0 aromatic heterocycles. The van der Waals surface area contributed by atoms with Crippen LogP contribution in [0.3, 0.4) is 0 Å². The third kappa shape index (κ3) is 5.49. The van der Waals surface area contributed by atoms with Crippen molar-refractivity contribution in [2.45, 2.75) is 26.9 Å². The van der Waals surface area contributed by atoms with Crippen LogP contribution >= 0.6 is 0 Å². The summed E-state index contributed by atoms with van der Waals surface area (Å²) in [6.07, 6.45) is -0.930. The van der Waals surface area contributed by atoms with Crippen LogP contribution in [0.5, 0.6) is 11.5 Å². The fourth-order valence-electron chi connectivity index (χ4n) is 2.50. The maximum atomic E-state index is 12.5. The summed E-state index contributed by atoms with van der Waals surface area (Å²) in [5.74, 6) is 0.443. The summed E-state index contributed by atoms with van der Waals surface area (Å²) in [7, 11) is 3.15. The maximum Gasteiger partial charge on any atom is 0.339 e. The van der Waals surface area contributed by atoms with Gasteiger partial charge in [-0.25, -0.2) is 4.79 Å². The molecule has 0 bridgehead atoms. The van der Waals surface area contributed by atoms with Gasteiger partial charge in [0.05, 0.1) is 19.3 Å². The van der Waals surface area contributed by atoms with E-state index in [1.807, 2.05) is 44.2 Å². The molecule has 6 heteroatoms. The summed E-state index contributed by atoms with van der Waals surface area (Å²) in [5.41, 5.74) is 1.01. The van der Waals surface area contributed by atoms with Crippen molar-refractivity contribution < 1.29 is 23.8 Å². The van der Waals surface area contributed by atoms with Gasteiger partial charge in [0.2, 0.25) is 0 Å². The van der Waals surface area contributed by atoms with Gasteiger partial charge in [0.1, 0.15) is 0 Å². The van der Waals surface area contributed by atoms with Crippen molar-refractivity contribution in [2.24, 2.45) is 5.92 Å². The van der Waals surface area contributed by atoms with E-state index < -0.39 is 12.1 Å². The lowest BCUT2D eigenvalue weighted by molar-refractivity contribution is -0.126. The number of rotatable bonds is 8. The smallest absolute Gasteiger partial charge is 0.339 e. The highest BCUT2D eigenvalue weighted by molar-refractivity contribution is 5.98. The lowest BCUT2D eigenvalue weighted by Gasteiger charge is -2.21. The number of methoxy groups -OCH3 is 1. The first-order valence-corrected chi connectivity index (χ1v) is 9.18. The number of benzene rings is 2. The van der Waals surface area contributed by atoms with Crippen LogP contribution in [0, 0.1) is 5.92 Å². The number of likely N-dealkylation sites (N-methyl/N-ethyl adjacent to an activating group) is 1. The monoisotopic (exact) mass is 385 g/mol. The van der Waals surface area contributed by atoms with Crippen LogP contribution in [0.2, 0.25) is 0 Å². The van der Waals surface area contributed by atoms with E-state index in [0.29, 0.717) is 24.0 Å². The molecule has 0 saturated carbocycles. The Morgan fingerprint density at radius 2 is 1.68 bits per heavy atom. The molecule has 0 aliphatic carbocycles. The van der Waals surface area contributed by atoms with Crippen LogP contribution in [0.25, 0.3) is 0 Å². The largest absolute Gasteiger partial charge is 0.493 e. The van der Waals surface area contributed by atoms with E-state index in [2.05, 4.69) is 0 Å². The molecule has 150 valence electrons. The van der Waals surface area contributed by atoms with Crippen LogP contribution in [0.1, 0.15) is 31.1 Å². The van der Waals surface area contributed by atoms with E-state index >= 15 is 0 Å². The van der Waals surface area contributed by atoms with Gasteiger partial charge in [-0.3, -0.25) is 4.79 Å². The molecule has 28 heavy (non-hydrogen) atoms. The van der Waals surface area contributed by atoms with Crippen LogP contribution in [0.4, 0.5) is 5.69 Å².